The number of amides is 4. The molecule has 0 unspecified atom stereocenters. The largest absolute Gasteiger partial charge is 0.472 e. The third kappa shape index (κ3) is 9.28. The maximum absolute atomic E-state index is 14.4. The van der Waals surface area contributed by atoms with E-state index in [1.807, 2.05) is 31.2 Å². The highest BCUT2D eigenvalue weighted by Gasteiger charge is 2.48. The molecule has 1 aromatic heterocycles. The average molecular weight is 700 g/mol. The zero-order valence-electron chi connectivity index (χ0n) is 29.6. The number of fused-ring (bicyclic) bond motifs is 1. The lowest BCUT2D eigenvalue weighted by molar-refractivity contribution is -0.143. The quantitative estimate of drug-likeness (QED) is 0.294. The van der Waals surface area contributed by atoms with Crippen LogP contribution in [0.15, 0.2) is 43.1 Å². The van der Waals surface area contributed by atoms with Crippen molar-refractivity contribution in [2.75, 3.05) is 6.54 Å². The molecule has 3 N–H and O–H groups in total. The van der Waals surface area contributed by atoms with E-state index < -0.39 is 73.8 Å². The van der Waals surface area contributed by atoms with Crippen LogP contribution in [0.5, 0.6) is 5.88 Å². The normalized spacial score (nSPS) is 20.1. The molecule has 14 heteroatoms. The minimum Gasteiger partial charge on any atom is -0.472 e. The van der Waals surface area contributed by atoms with Crippen LogP contribution in [-0.2, 0) is 29.1 Å². The number of alkyl carbamates (subject to hydrolysis) is 1. The number of likely N-dealkylation sites (tertiary alicyclic amines) is 1. The maximum Gasteiger partial charge on any atom is 0.408 e. The first-order valence-electron chi connectivity index (χ1n) is 16.4. The lowest BCUT2D eigenvalue weighted by atomic mass is 9.85. The van der Waals surface area contributed by atoms with Crippen LogP contribution < -0.4 is 20.1 Å². The second-order valence-electron chi connectivity index (χ2n) is 15.3. The van der Waals surface area contributed by atoms with Crippen molar-refractivity contribution in [3.05, 3.63) is 48.7 Å². The fourth-order valence-corrected chi connectivity index (χ4v) is 7.09. The standard InChI is InChI=1S/C35H49N5O8S/c1-10-16-35(9,31(43)39-49(45,46)24-12-13-24)38-28(41)26-19-23(47-29-25-14-11-21(2)18-22(25)15-17-36-29)20-40(26)30(42)27(33(3,4)5)37-32(44)48-34(6,7)8/h10-11,14-15,17-18,23-24,26-27H,1,12-13,16,19-20H2,2-9H3,(H,37,44)(H,38,41)(H,39,43)/t23-,26+,27-,35-/m1/s1. The Bertz CT molecular complexity index is 1730. The summed E-state index contributed by atoms with van der Waals surface area (Å²) >= 11 is 0. The molecule has 1 aromatic carbocycles. The lowest BCUT2D eigenvalue weighted by Crippen LogP contribution is -2.62. The van der Waals surface area contributed by atoms with Crippen molar-refractivity contribution < 1.29 is 37.1 Å². The topological polar surface area (TPSA) is 173 Å². The van der Waals surface area contributed by atoms with Gasteiger partial charge in [-0.15, -0.1) is 6.58 Å². The van der Waals surface area contributed by atoms with Crippen molar-refractivity contribution in [3.8, 4) is 5.88 Å². The molecule has 0 bridgehead atoms. The number of nitrogens with zero attached hydrogens (tertiary/aromatic N) is 2. The number of rotatable bonds is 11. The van der Waals surface area contributed by atoms with Gasteiger partial charge in [0.1, 0.15) is 29.3 Å². The SMILES string of the molecule is C=CC[C@@](C)(NC(=O)[C@@H]1C[C@@H](Oc2nccc3cc(C)ccc23)CN1C(=O)[C@@H](NC(=O)OC(C)(C)C)C(C)(C)C)C(=O)NS(=O)(=O)C1CC1. The van der Waals surface area contributed by atoms with Crippen molar-refractivity contribution in [1.29, 1.82) is 0 Å². The van der Waals surface area contributed by atoms with Gasteiger partial charge >= 0.3 is 6.09 Å². The second-order valence-corrected chi connectivity index (χ2v) is 17.2. The van der Waals surface area contributed by atoms with Gasteiger partial charge in [-0.05, 0) is 76.8 Å². The van der Waals surface area contributed by atoms with E-state index in [-0.39, 0.29) is 19.4 Å². The molecule has 4 atom stereocenters. The summed E-state index contributed by atoms with van der Waals surface area (Å²) in [5, 5.41) is 6.41. The highest BCUT2D eigenvalue weighted by molar-refractivity contribution is 7.91. The Kier molecular flexibility index (Phi) is 10.7. The van der Waals surface area contributed by atoms with Gasteiger partial charge in [0, 0.05) is 18.0 Å². The molecular weight excluding hydrogens is 650 g/mol. The summed E-state index contributed by atoms with van der Waals surface area (Å²) in [6.45, 7) is 17.5. The van der Waals surface area contributed by atoms with Crippen LogP contribution in [0.2, 0.25) is 0 Å². The van der Waals surface area contributed by atoms with Crippen LogP contribution in [0.3, 0.4) is 0 Å². The Labute approximate surface area is 288 Å². The molecule has 4 rings (SSSR count). The predicted octanol–water partition coefficient (Wildman–Crippen LogP) is 3.89. The molecule has 13 nitrogen and oxygen atoms in total. The van der Waals surface area contributed by atoms with E-state index in [1.54, 1.807) is 47.7 Å². The summed E-state index contributed by atoms with van der Waals surface area (Å²) in [6.07, 6.45) is 2.37. The summed E-state index contributed by atoms with van der Waals surface area (Å²) in [5.41, 5.74) is -2.28. The number of aromatic nitrogens is 1. The first-order valence-corrected chi connectivity index (χ1v) is 18.0. The monoisotopic (exact) mass is 699 g/mol. The number of aryl methyl sites for hydroxylation is 1. The molecule has 2 fully saturated rings. The molecule has 2 aromatic rings. The first kappa shape index (κ1) is 37.6. The average Bonchev–Trinajstić information content (AvgIpc) is 3.75. The Morgan fingerprint density at radius 2 is 1.76 bits per heavy atom. The van der Waals surface area contributed by atoms with E-state index in [4.69, 9.17) is 9.47 Å². The number of carbonyl (C=O) groups excluding carboxylic acids is 4. The summed E-state index contributed by atoms with van der Waals surface area (Å²) in [4.78, 5) is 60.5. The van der Waals surface area contributed by atoms with E-state index in [9.17, 15) is 27.6 Å². The lowest BCUT2D eigenvalue weighted by Gasteiger charge is -2.36. The van der Waals surface area contributed by atoms with Gasteiger partial charge in [-0.3, -0.25) is 19.1 Å². The molecule has 4 amide bonds. The number of ether oxygens (including phenoxy) is 2. The van der Waals surface area contributed by atoms with Crippen LogP contribution in [0.4, 0.5) is 4.79 Å². The number of benzene rings is 1. The molecule has 0 spiro atoms. The molecule has 49 heavy (non-hydrogen) atoms. The number of pyridine rings is 1. The highest BCUT2D eigenvalue weighted by Crippen LogP contribution is 2.32. The van der Waals surface area contributed by atoms with E-state index in [0.717, 1.165) is 16.3 Å². The zero-order chi connectivity index (χ0) is 36.5. The highest BCUT2D eigenvalue weighted by atomic mass is 32.2. The van der Waals surface area contributed by atoms with Crippen molar-refractivity contribution >= 4 is 44.6 Å². The van der Waals surface area contributed by atoms with Gasteiger partial charge < -0.3 is 25.0 Å². The Balaban J connectivity index is 1.66. The van der Waals surface area contributed by atoms with Crippen molar-refractivity contribution in [2.45, 2.75) is 116 Å². The number of carbonyl (C=O) groups is 4. The molecule has 1 aliphatic heterocycles. The molecule has 1 saturated heterocycles. The van der Waals surface area contributed by atoms with Gasteiger partial charge in [0.15, 0.2) is 0 Å². The number of hydrogen-bond donors (Lipinski definition) is 3. The van der Waals surface area contributed by atoms with Gasteiger partial charge in [-0.2, -0.15) is 0 Å². The smallest absolute Gasteiger partial charge is 0.408 e. The maximum atomic E-state index is 14.4. The van der Waals surface area contributed by atoms with Gasteiger partial charge in [-0.1, -0.05) is 44.5 Å². The van der Waals surface area contributed by atoms with Crippen molar-refractivity contribution in [3.63, 3.8) is 0 Å². The van der Waals surface area contributed by atoms with Crippen LogP contribution in [-0.4, -0.2) is 83.2 Å². The minimum absolute atomic E-state index is 0.0248. The predicted molar refractivity (Wildman–Crippen MR) is 185 cm³/mol. The van der Waals surface area contributed by atoms with E-state index >= 15 is 0 Å². The zero-order valence-corrected chi connectivity index (χ0v) is 30.4. The Morgan fingerprint density at radius 3 is 2.35 bits per heavy atom. The third-order valence-corrected chi connectivity index (χ3v) is 10.3. The summed E-state index contributed by atoms with van der Waals surface area (Å²) in [5.74, 6) is -1.84. The number of hydrogen-bond acceptors (Lipinski definition) is 9. The summed E-state index contributed by atoms with van der Waals surface area (Å²) < 4.78 is 39.1. The molecule has 2 heterocycles. The Morgan fingerprint density at radius 1 is 1.08 bits per heavy atom. The third-order valence-electron chi connectivity index (χ3n) is 8.44. The minimum atomic E-state index is -3.91. The molecule has 268 valence electrons. The fourth-order valence-electron chi connectivity index (χ4n) is 5.68. The van der Waals surface area contributed by atoms with E-state index in [2.05, 4.69) is 26.9 Å². The van der Waals surface area contributed by atoms with Gasteiger partial charge in [-0.25, -0.2) is 18.2 Å². The van der Waals surface area contributed by atoms with Crippen LogP contribution in [0.25, 0.3) is 10.8 Å². The van der Waals surface area contributed by atoms with Crippen molar-refractivity contribution in [2.24, 2.45) is 5.41 Å². The van der Waals surface area contributed by atoms with Crippen LogP contribution >= 0.6 is 0 Å². The summed E-state index contributed by atoms with van der Waals surface area (Å²) in [6, 6.07) is 5.42. The van der Waals surface area contributed by atoms with E-state index in [1.165, 1.54) is 17.9 Å². The number of nitrogens with one attached hydrogen (secondary N) is 3. The first-order chi connectivity index (χ1) is 22.6. The molecule has 2 aliphatic rings. The van der Waals surface area contributed by atoms with E-state index in [0.29, 0.717) is 18.7 Å². The van der Waals surface area contributed by atoms with Gasteiger partial charge in [0.25, 0.3) is 5.91 Å². The number of sulfonamides is 1. The fraction of sp³-hybridized carbons (Fsp3) is 0.571. The summed E-state index contributed by atoms with van der Waals surface area (Å²) in [7, 11) is -3.91. The Hall–Kier alpha value is -4.20. The molecule has 1 aliphatic carbocycles. The second kappa shape index (κ2) is 14.0. The molecule has 0 radical (unpaired) electrons. The van der Waals surface area contributed by atoms with Gasteiger partial charge in [0.2, 0.25) is 27.7 Å². The molecule has 1 saturated carbocycles. The van der Waals surface area contributed by atoms with Crippen LogP contribution in [0.1, 0.15) is 79.7 Å². The molecular formula is C35H49N5O8S. The van der Waals surface area contributed by atoms with Crippen LogP contribution in [0, 0.1) is 12.3 Å². The van der Waals surface area contributed by atoms with Gasteiger partial charge in [0.05, 0.1) is 11.8 Å². The van der Waals surface area contributed by atoms with Crippen molar-refractivity contribution in [1.82, 2.24) is 25.2 Å².